The van der Waals surface area contributed by atoms with Crippen molar-refractivity contribution in [1.82, 2.24) is 0 Å². The molecular formula is C21H23BrN2. The third-order valence-corrected chi connectivity index (χ3v) is 6.09. The molecule has 0 saturated carbocycles. The van der Waals surface area contributed by atoms with Crippen molar-refractivity contribution in [2.24, 2.45) is 5.41 Å². The van der Waals surface area contributed by atoms with Crippen molar-refractivity contribution >= 4 is 33.4 Å². The molecule has 0 radical (unpaired) electrons. The molecule has 0 amide bonds. The monoisotopic (exact) mass is 382 g/mol. The Bertz CT molecular complexity index is 817. The maximum atomic E-state index is 8.03. The van der Waals surface area contributed by atoms with Crippen molar-refractivity contribution < 1.29 is 0 Å². The standard InChI is InChI=1S/C21H23BrN2/c1-20(2)17-11-10-15(22)12-18(17)24-19(21(20,3)4)16(13-23)14-8-6-5-7-9-14/h5-13,23-24H,1-4H3/b19-16+,23-13?. The number of hydrogen-bond acceptors (Lipinski definition) is 2. The Hall–Kier alpha value is -1.87. The fourth-order valence-corrected chi connectivity index (χ4v) is 3.79. The van der Waals surface area contributed by atoms with E-state index >= 15 is 0 Å². The van der Waals surface area contributed by atoms with Crippen LogP contribution in [-0.2, 0) is 5.41 Å². The van der Waals surface area contributed by atoms with Crippen LogP contribution in [0.1, 0.15) is 38.8 Å². The summed E-state index contributed by atoms with van der Waals surface area (Å²) in [6, 6.07) is 16.6. The largest absolute Gasteiger partial charge is 0.358 e. The van der Waals surface area contributed by atoms with E-state index in [9.17, 15) is 0 Å². The number of nitrogens with one attached hydrogen (secondary N) is 2. The van der Waals surface area contributed by atoms with Crippen molar-refractivity contribution in [1.29, 1.82) is 5.41 Å². The van der Waals surface area contributed by atoms with Crippen LogP contribution >= 0.6 is 15.9 Å². The molecule has 0 bridgehead atoms. The summed E-state index contributed by atoms with van der Waals surface area (Å²) in [6.45, 7) is 9.08. The van der Waals surface area contributed by atoms with Gasteiger partial charge in [0.05, 0.1) is 0 Å². The van der Waals surface area contributed by atoms with Crippen LogP contribution in [0.25, 0.3) is 5.57 Å². The van der Waals surface area contributed by atoms with Gasteiger partial charge in [0, 0.05) is 38.5 Å². The topological polar surface area (TPSA) is 35.9 Å². The molecule has 0 aliphatic carbocycles. The molecule has 0 saturated heterocycles. The Morgan fingerprint density at radius 2 is 1.67 bits per heavy atom. The molecule has 3 heteroatoms. The molecule has 3 rings (SSSR count). The van der Waals surface area contributed by atoms with Gasteiger partial charge in [-0.2, -0.15) is 0 Å². The highest BCUT2D eigenvalue weighted by atomic mass is 79.9. The lowest BCUT2D eigenvalue weighted by atomic mass is 9.59. The quantitative estimate of drug-likeness (QED) is 0.592. The summed E-state index contributed by atoms with van der Waals surface area (Å²) in [5.74, 6) is 0. The summed E-state index contributed by atoms with van der Waals surface area (Å²) in [5.41, 5.74) is 5.31. The van der Waals surface area contributed by atoms with Crippen molar-refractivity contribution in [2.45, 2.75) is 33.1 Å². The molecule has 1 aliphatic rings. The van der Waals surface area contributed by atoms with Crippen molar-refractivity contribution in [3.05, 3.63) is 69.8 Å². The van der Waals surface area contributed by atoms with E-state index in [1.807, 2.05) is 18.2 Å². The van der Waals surface area contributed by atoms with E-state index in [0.29, 0.717) is 0 Å². The van der Waals surface area contributed by atoms with Crippen LogP contribution in [-0.4, -0.2) is 6.21 Å². The van der Waals surface area contributed by atoms with E-state index in [0.717, 1.165) is 27.0 Å². The molecule has 2 nitrogen and oxygen atoms in total. The first-order valence-corrected chi connectivity index (χ1v) is 8.96. The summed E-state index contributed by atoms with van der Waals surface area (Å²) >= 11 is 3.57. The van der Waals surface area contributed by atoms with Gasteiger partial charge in [0.1, 0.15) is 0 Å². The molecule has 2 aromatic rings. The van der Waals surface area contributed by atoms with Gasteiger partial charge < -0.3 is 10.7 Å². The fraction of sp³-hybridized carbons (Fsp3) is 0.286. The number of hydrogen-bond donors (Lipinski definition) is 2. The zero-order chi connectivity index (χ0) is 17.5. The van der Waals surface area contributed by atoms with Crippen LogP contribution in [0, 0.1) is 10.8 Å². The molecule has 1 aliphatic heterocycles. The van der Waals surface area contributed by atoms with Gasteiger partial charge in [-0.3, -0.25) is 0 Å². The van der Waals surface area contributed by atoms with Gasteiger partial charge in [-0.15, -0.1) is 0 Å². The van der Waals surface area contributed by atoms with Gasteiger partial charge in [0.15, 0.2) is 0 Å². The Morgan fingerprint density at radius 3 is 2.29 bits per heavy atom. The maximum Gasteiger partial charge on any atom is 0.0431 e. The number of benzene rings is 2. The van der Waals surface area contributed by atoms with Crippen LogP contribution in [0.2, 0.25) is 0 Å². The first-order valence-electron chi connectivity index (χ1n) is 8.17. The normalized spacial score (nSPS) is 19.9. The lowest BCUT2D eigenvalue weighted by Gasteiger charge is -2.49. The smallest absolute Gasteiger partial charge is 0.0431 e. The Balaban J connectivity index is 2.29. The number of fused-ring (bicyclic) bond motifs is 1. The SMILES string of the molecule is CC1(C)/C(=C(/C=N)c2ccccc2)Nc2cc(Br)ccc2C1(C)C. The Morgan fingerprint density at radius 1 is 1.00 bits per heavy atom. The zero-order valence-corrected chi connectivity index (χ0v) is 16.2. The molecule has 0 unspecified atom stereocenters. The summed E-state index contributed by atoms with van der Waals surface area (Å²) in [6.07, 6.45) is 1.47. The van der Waals surface area contributed by atoms with E-state index in [1.54, 1.807) is 0 Å². The molecule has 2 N–H and O–H groups in total. The predicted octanol–water partition coefficient (Wildman–Crippen LogP) is 6.24. The lowest BCUT2D eigenvalue weighted by molar-refractivity contribution is 0.245. The highest BCUT2D eigenvalue weighted by Crippen LogP contribution is 2.54. The van der Waals surface area contributed by atoms with E-state index in [-0.39, 0.29) is 10.8 Å². The average molecular weight is 383 g/mol. The average Bonchev–Trinajstić information content (AvgIpc) is 2.54. The number of anilines is 1. The van der Waals surface area contributed by atoms with Crippen LogP contribution in [0.3, 0.4) is 0 Å². The van der Waals surface area contributed by atoms with Gasteiger partial charge in [-0.1, -0.05) is 80.0 Å². The highest BCUT2D eigenvalue weighted by molar-refractivity contribution is 9.10. The van der Waals surface area contributed by atoms with Gasteiger partial charge in [0.25, 0.3) is 0 Å². The fourth-order valence-electron chi connectivity index (χ4n) is 3.43. The van der Waals surface area contributed by atoms with Crippen LogP contribution in [0.15, 0.2) is 58.7 Å². The Kier molecular flexibility index (Phi) is 4.16. The summed E-state index contributed by atoms with van der Waals surface area (Å²) < 4.78 is 1.06. The van der Waals surface area contributed by atoms with Crippen molar-refractivity contribution in [3.63, 3.8) is 0 Å². The second kappa shape index (κ2) is 5.89. The van der Waals surface area contributed by atoms with E-state index in [1.165, 1.54) is 11.8 Å². The highest BCUT2D eigenvalue weighted by Gasteiger charge is 2.47. The van der Waals surface area contributed by atoms with Gasteiger partial charge in [-0.05, 0) is 23.3 Å². The number of rotatable bonds is 2. The predicted molar refractivity (Wildman–Crippen MR) is 107 cm³/mol. The van der Waals surface area contributed by atoms with Gasteiger partial charge >= 0.3 is 0 Å². The molecule has 124 valence electrons. The zero-order valence-electron chi connectivity index (χ0n) is 14.6. The summed E-state index contributed by atoms with van der Waals surface area (Å²) in [5, 5.41) is 11.7. The Labute approximate surface area is 152 Å². The molecule has 0 fully saturated rings. The van der Waals surface area contributed by atoms with Crippen LogP contribution < -0.4 is 5.32 Å². The molecule has 0 aromatic heterocycles. The molecule has 1 heterocycles. The minimum Gasteiger partial charge on any atom is -0.358 e. The third-order valence-electron chi connectivity index (χ3n) is 5.60. The minimum absolute atomic E-state index is 0.0628. The first-order chi connectivity index (χ1) is 11.3. The third kappa shape index (κ3) is 2.51. The van der Waals surface area contributed by atoms with E-state index in [4.69, 9.17) is 5.41 Å². The molecule has 0 spiro atoms. The van der Waals surface area contributed by atoms with Crippen molar-refractivity contribution in [2.75, 3.05) is 5.32 Å². The van der Waals surface area contributed by atoms with Gasteiger partial charge in [-0.25, -0.2) is 0 Å². The molecule has 24 heavy (non-hydrogen) atoms. The second-order valence-electron chi connectivity index (χ2n) is 7.36. The van der Waals surface area contributed by atoms with Crippen LogP contribution in [0.4, 0.5) is 5.69 Å². The summed E-state index contributed by atoms with van der Waals surface area (Å²) in [7, 11) is 0. The minimum atomic E-state index is -0.142. The second-order valence-corrected chi connectivity index (χ2v) is 8.28. The van der Waals surface area contributed by atoms with E-state index in [2.05, 4.69) is 79.3 Å². The van der Waals surface area contributed by atoms with Crippen molar-refractivity contribution in [3.8, 4) is 0 Å². The summed E-state index contributed by atoms with van der Waals surface area (Å²) in [4.78, 5) is 0. The molecular weight excluding hydrogens is 360 g/mol. The van der Waals surface area contributed by atoms with Crippen LogP contribution in [0.5, 0.6) is 0 Å². The number of halogens is 1. The first kappa shape index (κ1) is 17.0. The van der Waals surface area contributed by atoms with Gasteiger partial charge in [0.2, 0.25) is 0 Å². The number of allylic oxidation sites excluding steroid dienone is 2. The molecule has 0 atom stereocenters. The maximum absolute atomic E-state index is 8.03. The lowest BCUT2D eigenvalue weighted by Crippen LogP contribution is -2.44. The van der Waals surface area contributed by atoms with E-state index < -0.39 is 0 Å². The molecule has 2 aromatic carbocycles.